The highest BCUT2D eigenvalue weighted by atomic mass is 32.2. The minimum absolute atomic E-state index is 0.0206. The average Bonchev–Trinajstić information content (AvgIpc) is 2.60. The quantitative estimate of drug-likeness (QED) is 0.878. The smallest absolute Gasteiger partial charge is 0.233 e. The highest BCUT2D eigenvalue weighted by molar-refractivity contribution is 7.92. The maximum Gasteiger partial charge on any atom is 0.233 e. The van der Waals surface area contributed by atoms with Gasteiger partial charge in [0.25, 0.3) is 0 Å². The second-order valence-corrected chi connectivity index (χ2v) is 7.59. The molecular weight excluding hydrogens is 282 g/mol. The first-order valence-electron chi connectivity index (χ1n) is 6.21. The van der Waals surface area contributed by atoms with Crippen LogP contribution in [0.4, 0.5) is 5.82 Å². The minimum Gasteiger partial charge on any atom is -0.360 e. The van der Waals surface area contributed by atoms with Gasteiger partial charge < -0.3 is 9.84 Å². The number of carbonyl (C=O) groups excluding carboxylic acids is 1. The Bertz CT molecular complexity index is 572. The minimum atomic E-state index is -3.51. The number of rotatable bonds is 5. The molecule has 0 aliphatic carbocycles. The Balaban J connectivity index is 2.76. The van der Waals surface area contributed by atoms with E-state index >= 15 is 0 Å². The second-order valence-electron chi connectivity index (χ2n) is 5.68. The van der Waals surface area contributed by atoms with E-state index in [4.69, 9.17) is 4.52 Å². The SMILES string of the molecule is Cc1cc(N(CCC(=O)NC(C)(C)C)S(C)(=O)=O)no1. The monoisotopic (exact) mass is 303 g/mol. The van der Waals surface area contributed by atoms with Gasteiger partial charge in [0.2, 0.25) is 15.9 Å². The zero-order chi connectivity index (χ0) is 15.6. The first-order valence-corrected chi connectivity index (χ1v) is 8.06. The highest BCUT2D eigenvalue weighted by Gasteiger charge is 2.22. The van der Waals surface area contributed by atoms with Gasteiger partial charge in [-0.15, -0.1) is 0 Å². The average molecular weight is 303 g/mol. The summed E-state index contributed by atoms with van der Waals surface area (Å²) < 4.78 is 29.4. The van der Waals surface area contributed by atoms with Crippen LogP contribution in [-0.2, 0) is 14.8 Å². The molecule has 0 aliphatic rings. The molecule has 1 rings (SSSR count). The fourth-order valence-electron chi connectivity index (χ4n) is 1.60. The Kier molecular flexibility index (Phi) is 4.80. The van der Waals surface area contributed by atoms with E-state index in [-0.39, 0.29) is 30.2 Å². The van der Waals surface area contributed by atoms with Crippen molar-refractivity contribution in [1.29, 1.82) is 0 Å². The number of aryl methyl sites for hydroxylation is 1. The summed E-state index contributed by atoms with van der Waals surface area (Å²) in [6, 6.07) is 1.52. The highest BCUT2D eigenvalue weighted by Crippen LogP contribution is 2.17. The van der Waals surface area contributed by atoms with Crippen molar-refractivity contribution < 1.29 is 17.7 Å². The zero-order valence-corrected chi connectivity index (χ0v) is 13.2. The Morgan fingerprint density at radius 1 is 1.45 bits per heavy atom. The van der Waals surface area contributed by atoms with E-state index < -0.39 is 10.0 Å². The third-order valence-corrected chi connectivity index (χ3v) is 3.50. The molecule has 1 amide bonds. The predicted molar refractivity (Wildman–Crippen MR) is 75.9 cm³/mol. The maximum absolute atomic E-state index is 11.8. The van der Waals surface area contributed by atoms with Crippen LogP contribution in [0.25, 0.3) is 0 Å². The van der Waals surface area contributed by atoms with E-state index in [1.807, 2.05) is 20.8 Å². The molecule has 114 valence electrons. The lowest BCUT2D eigenvalue weighted by atomic mass is 10.1. The summed E-state index contributed by atoms with van der Waals surface area (Å²) in [5.41, 5.74) is -0.350. The number of hydrogen-bond acceptors (Lipinski definition) is 5. The van der Waals surface area contributed by atoms with E-state index in [1.54, 1.807) is 6.92 Å². The molecule has 1 aromatic heterocycles. The Hall–Kier alpha value is -1.57. The van der Waals surface area contributed by atoms with Gasteiger partial charge in [0, 0.05) is 24.6 Å². The molecule has 0 aromatic carbocycles. The van der Waals surface area contributed by atoms with Gasteiger partial charge in [-0.1, -0.05) is 5.16 Å². The predicted octanol–water partition coefficient (Wildman–Crippen LogP) is 1.05. The van der Waals surface area contributed by atoms with Crippen LogP contribution in [-0.4, -0.2) is 37.8 Å². The van der Waals surface area contributed by atoms with Gasteiger partial charge in [-0.2, -0.15) is 0 Å². The lowest BCUT2D eigenvalue weighted by molar-refractivity contribution is -0.122. The molecule has 0 unspecified atom stereocenters. The van der Waals surface area contributed by atoms with Gasteiger partial charge >= 0.3 is 0 Å². The van der Waals surface area contributed by atoms with Gasteiger partial charge in [-0.05, 0) is 27.7 Å². The Morgan fingerprint density at radius 2 is 2.05 bits per heavy atom. The normalized spacial score (nSPS) is 12.2. The summed E-state index contributed by atoms with van der Waals surface area (Å²) in [6.45, 7) is 7.27. The summed E-state index contributed by atoms with van der Waals surface area (Å²) in [6.07, 6.45) is 1.12. The number of anilines is 1. The summed E-state index contributed by atoms with van der Waals surface area (Å²) in [5.74, 6) is 0.479. The van der Waals surface area contributed by atoms with Crippen LogP contribution in [0.1, 0.15) is 33.0 Å². The molecule has 1 heterocycles. The van der Waals surface area contributed by atoms with Crippen molar-refractivity contribution in [3.05, 3.63) is 11.8 Å². The van der Waals surface area contributed by atoms with Crippen molar-refractivity contribution in [3.8, 4) is 0 Å². The molecule has 20 heavy (non-hydrogen) atoms. The van der Waals surface area contributed by atoms with Crippen LogP contribution in [0.5, 0.6) is 0 Å². The van der Waals surface area contributed by atoms with Crippen LogP contribution < -0.4 is 9.62 Å². The second kappa shape index (κ2) is 5.82. The standard InChI is InChI=1S/C12H21N3O4S/c1-9-8-10(14-19-9)15(20(5,17)18)7-6-11(16)13-12(2,3)4/h8H,6-7H2,1-5H3,(H,13,16). The van der Waals surface area contributed by atoms with Gasteiger partial charge in [0.1, 0.15) is 5.76 Å². The molecular formula is C12H21N3O4S. The van der Waals surface area contributed by atoms with E-state index in [1.165, 1.54) is 6.07 Å². The number of hydrogen-bond donors (Lipinski definition) is 1. The molecule has 0 fully saturated rings. The first kappa shape index (κ1) is 16.5. The fraction of sp³-hybridized carbons (Fsp3) is 0.667. The summed E-state index contributed by atoms with van der Waals surface area (Å²) in [7, 11) is -3.51. The molecule has 7 nitrogen and oxygen atoms in total. The molecule has 0 saturated carbocycles. The summed E-state index contributed by atoms with van der Waals surface area (Å²) >= 11 is 0. The van der Waals surface area contributed by atoms with E-state index in [0.717, 1.165) is 10.6 Å². The van der Waals surface area contributed by atoms with Crippen LogP contribution in [0.3, 0.4) is 0 Å². The van der Waals surface area contributed by atoms with Crippen LogP contribution in [0, 0.1) is 6.92 Å². The molecule has 0 aliphatic heterocycles. The van der Waals surface area contributed by atoms with Crippen molar-refractivity contribution in [2.45, 2.75) is 39.7 Å². The van der Waals surface area contributed by atoms with E-state index in [2.05, 4.69) is 10.5 Å². The molecule has 0 radical (unpaired) electrons. The molecule has 8 heteroatoms. The molecule has 0 saturated heterocycles. The largest absolute Gasteiger partial charge is 0.360 e. The van der Waals surface area contributed by atoms with Crippen LogP contribution >= 0.6 is 0 Å². The summed E-state index contributed by atoms with van der Waals surface area (Å²) in [5, 5.41) is 6.45. The lowest BCUT2D eigenvalue weighted by Gasteiger charge is -2.22. The van der Waals surface area contributed by atoms with Gasteiger partial charge in [0.05, 0.1) is 6.26 Å². The molecule has 1 N–H and O–H groups in total. The third-order valence-electron chi connectivity index (χ3n) is 2.33. The first-order chi connectivity index (χ1) is 8.99. The number of amides is 1. The van der Waals surface area contributed by atoms with Crippen molar-refractivity contribution >= 4 is 21.7 Å². The summed E-state index contributed by atoms with van der Waals surface area (Å²) in [4.78, 5) is 11.8. The molecule has 1 aromatic rings. The topological polar surface area (TPSA) is 92.5 Å². The van der Waals surface area contributed by atoms with E-state index in [0.29, 0.717) is 5.76 Å². The van der Waals surface area contributed by atoms with Crippen molar-refractivity contribution in [2.75, 3.05) is 17.1 Å². The lowest BCUT2D eigenvalue weighted by Crippen LogP contribution is -2.42. The Labute approximate surface area is 119 Å². The Morgan fingerprint density at radius 3 is 2.45 bits per heavy atom. The number of nitrogens with one attached hydrogen (secondary N) is 1. The van der Waals surface area contributed by atoms with Crippen LogP contribution in [0.2, 0.25) is 0 Å². The molecule has 0 atom stereocenters. The van der Waals surface area contributed by atoms with E-state index in [9.17, 15) is 13.2 Å². The maximum atomic E-state index is 11.8. The van der Waals surface area contributed by atoms with Crippen molar-refractivity contribution in [3.63, 3.8) is 0 Å². The number of sulfonamides is 1. The third kappa shape index (κ3) is 5.20. The fourth-order valence-corrected chi connectivity index (χ4v) is 2.45. The van der Waals surface area contributed by atoms with Gasteiger partial charge in [-0.25, -0.2) is 8.42 Å². The number of carbonyl (C=O) groups is 1. The zero-order valence-electron chi connectivity index (χ0n) is 12.4. The van der Waals surface area contributed by atoms with Gasteiger partial charge in [-0.3, -0.25) is 9.10 Å². The van der Waals surface area contributed by atoms with Crippen molar-refractivity contribution in [2.24, 2.45) is 0 Å². The number of nitrogens with zero attached hydrogens (tertiary/aromatic N) is 2. The van der Waals surface area contributed by atoms with Crippen LogP contribution in [0.15, 0.2) is 10.6 Å². The van der Waals surface area contributed by atoms with Crippen molar-refractivity contribution in [1.82, 2.24) is 10.5 Å². The number of aromatic nitrogens is 1. The van der Waals surface area contributed by atoms with Gasteiger partial charge in [0.15, 0.2) is 5.82 Å². The molecule has 0 bridgehead atoms. The molecule has 0 spiro atoms.